The highest BCUT2D eigenvalue weighted by molar-refractivity contribution is 5.95. The van der Waals surface area contributed by atoms with E-state index in [2.05, 4.69) is 17.1 Å². The summed E-state index contributed by atoms with van der Waals surface area (Å²) in [4.78, 5) is 12.0. The quantitative estimate of drug-likeness (QED) is 0.466. The molecule has 0 aliphatic rings. The Kier molecular flexibility index (Phi) is 5.96. The number of hydrogen-bond acceptors (Lipinski definition) is 5. The first-order chi connectivity index (χ1) is 11.7. The van der Waals surface area contributed by atoms with Crippen molar-refractivity contribution in [1.82, 2.24) is 5.43 Å². The van der Waals surface area contributed by atoms with Gasteiger partial charge in [0.2, 0.25) is 0 Å². The largest absolute Gasteiger partial charge is 0.504 e. The molecular formula is C18H18N2O4. The molecule has 2 N–H and O–H groups in total. The van der Waals surface area contributed by atoms with Gasteiger partial charge in [-0.05, 0) is 36.4 Å². The van der Waals surface area contributed by atoms with Crippen LogP contribution < -0.4 is 14.9 Å². The smallest absolute Gasteiger partial charge is 0.271 e. The van der Waals surface area contributed by atoms with Crippen LogP contribution >= 0.6 is 0 Å². The van der Waals surface area contributed by atoms with Gasteiger partial charge >= 0.3 is 0 Å². The molecule has 2 rings (SSSR count). The molecule has 24 heavy (non-hydrogen) atoms. The van der Waals surface area contributed by atoms with Crippen molar-refractivity contribution in [2.24, 2.45) is 5.10 Å². The fourth-order valence-electron chi connectivity index (χ4n) is 1.89. The minimum absolute atomic E-state index is 0.0401. The van der Waals surface area contributed by atoms with Crippen molar-refractivity contribution in [2.75, 3.05) is 13.7 Å². The van der Waals surface area contributed by atoms with Gasteiger partial charge in [-0.2, -0.15) is 5.10 Å². The van der Waals surface area contributed by atoms with Crippen LogP contribution in [0, 0.1) is 0 Å². The Bertz CT molecular complexity index is 739. The van der Waals surface area contributed by atoms with Crippen molar-refractivity contribution >= 4 is 12.1 Å². The average Bonchev–Trinajstić information content (AvgIpc) is 2.61. The molecular weight excluding hydrogens is 308 g/mol. The molecule has 2 aromatic carbocycles. The number of hydrogen-bond donors (Lipinski definition) is 2. The zero-order valence-corrected chi connectivity index (χ0v) is 13.2. The fourth-order valence-corrected chi connectivity index (χ4v) is 1.89. The lowest BCUT2D eigenvalue weighted by atomic mass is 10.2. The number of methoxy groups -OCH3 is 1. The van der Waals surface area contributed by atoms with Crippen LogP contribution in [0.1, 0.15) is 15.9 Å². The van der Waals surface area contributed by atoms with Gasteiger partial charge in [0.15, 0.2) is 11.5 Å². The van der Waals surface area contributed by atoms with Gasteiger partial charge in [0, 0.05) is 11.1 Å². The van der Waals surface area contributed by atoms with Gasteiger partial charge < -0.3 is 14.6 Å². The second kappa shape index (κ2) is 8.38. The Labute approximate surface area is 140 Å². The van der Waals surface area contributed by atoms with Crippen LogP contribution in [0.15, 0.2) is 60.2 Å². The SMILES string of the molecule is C=CCOc1ccc(C(=O)N/N=C/c2cccc(OC)c2O)cc1. The van der Waals surface area contributed by atoms with E-state index in [1.165, 1.54) is 13.3 Å². The highest BCUT2D eigenvalue weighted by Crippen LogP contribution is 2.27. The number of nitrogens with one attached hydrogen (secondary N) is 1. The number of amides is 1. The Morgan fingerprint density at radius 1 is 1.29 bits per heavy atom. The molecule has 2 aromatic rings. The predicted molar refractivity (Wildman–Crippen MR) is 91.9 cm³/mol. The van der Waals surface area contributed by atoms with E-state index in [1.807, 2.05) is 0 Å². The lowest BCUT2D eigenvalue weighted by Crippen LogP contribution is -2.17. The first-order valence-electron chi connectivity index (χ1n) is 7.19. The molecule has 124 valence electrons. The van der Waals surface area contributed by atoms with Crippen LogP contribution in [-0.2, 0) is 0 Å². The van der Waals surface area contributed by atoms with E-state index in [1.54, 1.807) is 48.5 Å². The molecule has 0 unspecified atom stereocenters. The van der Waals surface area contributed by atoms with Crippen molar-refractivity contribution in [3.05, 3.63) is 66.2 Å². The summed E-state index contributed by atoms with van der Waals surface area (Å²) < 4.78 is 10.3. The first-order valence-corrected chi connectivity index (χ1v) is 7.19. The van der Waals surface area contributed by atoms with Crippen LogP contribution in [0.5, 0.6) is 17.2 Å². The van der Waals surface area contributed by atoms with Crippen molar-refractivity contribution in [3.63, 3.8) is 0 Å². The Morgan fingerprint density at radius 3 is 2.71 bits per heavy atom. The number of benzene rings is 2. The van der Waals surface area contributed by atoms with Crippen LogP contribution in [-0.4, -0.2) is 30.9 Å². The first kappa shape index (κ1) is 17.1. The van der Waals surface area contributed by atoms with Crippen LogP contribution in [0.3, 0.4) is 0 Å². The van der Waals surface area contributed by atoms with Crippen molar-refractivity contribution in [3.8, 4) is 17.2 Å². The Balaban J connectivity index is 1.98. The standard InChI is InChI=1S/C18H18N2O4/c1-3-11-24-15-9-7-13(8-10-15)18(22)20-19-12-14-5-4-6-16(23-2)17(14)21/h3-10,12,21H,1,11H2,2H3,(H,20,22)/b19-12+. The Morgan fingerprint density at radius 2 is 2.04 bits per heavy atom. The summed E-state index contributed by atoms with van der Waals surface area (Å²) in [7, 11) is 1.46. The van der Waals surface area contributed by atoms with E-state index in [4.69, 9.17) is 9.47 Å². The molecule has 1 amide bonds. The van der Waals surface area contributed by atoms with Gasteiger partial charge in [-0.1, -0.05) is 18.7 Å². The average molecular weight is 326 g/mol. The predicted octanol–water partition coefficient (Wildman–Crippen LogP) is 2.73. The molecule has 0 fully saturated rings. The molecule has 0 atom stereocenters. The summed E-state index contributed by atoms with van der Waals surface area (Å²) in [5, 5.41) is 13.8. The number of ether oxygens (including phenoxy) is 2. The van der Waals surface area contributed by atoms with Gasteiger partial charge in [0.1, 0.15) is 12.4 Å². The number of carbonyl (C=O) groups is 1. The van der Waals surface area contributed by atoms with Crippen LogP contribution in [0.2, 0.25) is 0 Å². The summed E-state index contributed by atoms with van der Waals surface area (Å²) in [5.74, 6) is 0.572. The number of nitrogens with zero attached hydrogens (tertiary/aromatic N) is 1. The van der Waals surface area contributed by atoms with E-state index in [-0.39, 0.29) is 11.7 Å². The summed E-state index contributed by atoms with van der Waals surface area (Å²) in [5.41, 5.74) is 3.27. The van der Waals surface area contributed by atoms with Crippen LogP contribution in [0.25, 0.3) is 0 Å². The normalized spacial score (nSPS) is 10.4. The second-order valence-electron chi connectivity index (χ2n) is 4.72. The monoisotopic (exact) mass is 326 g/mol. The molecule has 0 spiro atoms. The third kappa shape index (κ3) is 4.36. The number of hydrazone groups is 1. The molecule has 0 radical (unpaired) electrons. The van der Waals surface area contributed by atoms with Crippen LogP contribution in [0.4, 0.5) is 0 Å². The third-order valence-corrected chi connectivity index (χ3v) is 3.10. The van der Waals surface area contributed by atoms with E-state index < -0.39 is 0 Å². The van der Waals surface area contributed by atoms with Gasteiger partial charge in [0.25, 0.3) is 5.91 Å². The minimum Gasteiger partial charge on any atom is -0.504 e. The molecule has 0 aliphatic heterocycles. The second-order valence-corrected chi connectivity index (χ2v) is 4.72. The van der Waals surface area contributed by atoms with Crippen molar-refractivity contribution in [2.45, 2.75) is 0 Å². The number of phenolic OH excluding ortho intramolecular Hbond substituents is 1. The third-order valence-electron chi connectivity index (χ3n) is 3.10. The number of rotatable bonds is 7. The summed E-state index contributed by atoms with van der Waals surface area (Å²) >= 11 is 0. The molecule has 0 aromatic heterocycles. The molecule has 6 heteroatoms. The molecule has 0 saturated heterocycles. The molecule has 0 bridgehead atoms. The van der Waals surface area contributed by atoms with E-state index in [0.29, 0.717) is 29.2 Å². The lowest BCUT2D eigenvalue weighted by molar-refractivity contribution is 0.0955. The maximum Gasteiger partial charge on any atom is 0.271 e. The molecule has 6 nitrogen and oxygen atoms in total. The molecule has 0 saturated carbocycles. The van der Waals surface area contributed by atoms with Gasteiger partial charge in [-0.25, -0.2) is 5.43 Å². The number of carbonyl (C=O) groups excluding carboxylic acids is 1. The summed E-state index contributed by atoms with van der Waals surface area (Å²) in [6, 6.07) is 11.6. The fraction of sp³-hybridized carbons (Fsp3) is 0.111. The summed E-state index contributed by atoms with van der Waals surface area (Å²) in [6.45, 7) is 3.97. The number of para-hydroxylation sites is 1. The van der Waals surface area contributed by atoms with Crippen molar-refractivity contribution < 1.29 is 19.4 Å². The molecule has 0 heterocycles. The highest BCUT2D eigenvalue weighted by Gasteiger charge is 2.06. The van der Waals surface area contributed by atoms with Gasteiger partial charge in [-0.3, -0.25) is 4.79 Å². The molecule has 0 aliphatic carbocycles. The van der Waals surface area contributed by atoms with Gasteiger partial charge in [0.05, 0.1) is 13.3 Å². The Hall–Kier alpha value is -3.28. The maximum absolute atomic E-state index is 12.0. The zero-order chi connectivity index (χ0) is 17.4. The lowest BCUT2D eigenvalue weighted by Gasteiger charge is -2.05. The highest BCUT2D eigenvalue weighted by atomic mass is 16.5. The maximum atomic E-state index is 12.0. The van der Waals surface area contributed by atoms with E-state index >= 15 is 0 Å². The van der Waals surface area contributed by atoms with E-state index in [0.717, 1.165) is 0 Å². The number of phenols is 1. The topological polar surface area (TPSA) is 80.2 Å². The number of aromatic hydroxyl groups is 1. The van der Waals surface area contributed by atoms with Crippen molar-refractivity contribution in [1.29, 1.82) is 0 Å². The summed E-state index contributed by atoms with van der Waals surface area (Å²) in [6.07, 6.45) is 2.99. The van der Waals surface area contributed by atoms with Gasteiger partial charge in [-0.15, -0.1) is 0 Å². The van der Waals surface area contributed by atoms with E-state index in [9.17, 15) is 9.90 Å². The zero-order valence-electron chi connectivity index (χ0n) is 13.2. The minimum atomic E-state index is -0.371.